The molecule has 0 aliphatic carbocycles. The van der Waals surface area contributed by atoms with Crippen LogP contribution in [0, 0.1) is 0 Å². The average Bonchev–Trinajstić information content (AvgIpc) is 3.27. The number of carbonyl (C=O) groups excluding carboxylic acids is 1. The van der Waals surface area contributed by atoms with Gasteiger partial charge in [-0.1, -0.05) is 26.0 Å². The lowest BCUT2D eigenvalue weighted by atomic mass is 10.2. The molecule has 7 heteroatoms. The van der Waals surface area contributed by atoms with Gasteiger partial charge in [-0.05, 0) is 52.3 Å². The van der Waals surface area contributed by atoms with Crippen LogP contribution in [0.4, 0.5) is 5.82 Å². The average molecular weight is 400 g/mol. The van der Waals surface area contributed by atoms with Crippen LogP contribution in [0.1, 0.15) is 36.5 Å². The van der Waals surface area contributed by atoms with E-state index in [4.69, 9.17) is 0 Å². The molecule has 7 nitrogen and oxygen atoms in total. The highest BCUT2D eigenvalue weighted by atomic mass is 16.3. The standard InChI is InChI=1S/C15H23N5.C5H4O2.C2H6/c1-16-9-6-10-17-15-12-7-4-5-8-13(12)18-14(19-15)11-20(2)3;6-3-5-1-2-7-4-5;1-2/h4-5,7-8,16H,6,9-11H2,1-3H3,(H,17,18,19);1-4H;1-2H3. The highest BCUT2D eigenvalue weighted by Gasteiger charge is 2.07. The van der Waals surface area contributed by atoms with Gasteiger partial charge in [-0.25, -0.2) is 9.97 Å². The molecule has 158 valence electrons. The summed E-state index contributed by atoms with van der Waals surface area (Å²) in [6, 6.07) is 9.74. The number of aromatic nitrogens is 2. The summed E-state index contributed by atoms with van der Waals surface area (Å²) in [6.45, 7) is 6.65. The minimum atomic E-state index is 0.583. The molecular formula is C22H33N5O2. The third-order valence-electron chi connectivity index (χ3n) is 3.68. The predicted octanol–water partition coefficient (Wildman–Crippen LogP) is 3.83. The molecule has 0 bridgehead atoms. The zero-order chi connectivity index (χ0) is 21.5. The summed E-state index contributed by atoms with van der Waals surface area (Å²) in [5, 5.41) is 7.66. The van der Waals surface area contributed by atoms with Gasteiger partial charge in [0.15, 0.2) is 6.29 Å². The van der Waals surface area contributed by atoms with Gasteiger partial charge >= 0.3 is 0 Å². The van der Waals surface area contributed by atoms with Crippen LogP contribution < -0.4 is 10.6 Å². The van der Waals surface area contributed by atoms with Gasteiger partial charge in [-0.3, -0.25) is 4.79 Å². The number of aldehydes is 1. The number of nitrogens with one attached hydrogen (secondary N) is 2. The Kier molecular flexibility index (Phi) is 11.9. The SMILES string of the molecule is CC.CNCCCNc1nc(CN(C)C)nc2ccccc12.O=Cc1ccoc1. The van der Waals surface area contributed by atoms with Gasteiger partial charge in [0.1, 0.15) is 17.9 Å². The third-order valence-corrected chi connectivity index (χ3v) is 3.68. The molecule has 0 aliphatic heterocycles. The van der Waals surface area contributed by atoms with Gasteiger partial charge in [0.25, 0.3) is 0 Å². The Labute approximate surface area is 173 Å². The highest BCUT2D eigenvalue weighted by molar-refractivity contribution is 5.88. The fourth-order valence-electron chi connectivity index (χ4n) is 2.43. The topological polar surface area (TPSA) is 83.3 Å². The maximum Gasteiger partial charge on any atom is 0.153 e. The van der Waals surface area contributed by atoms with Crippen LogP contribution in [0.25, 0.3) is 10.9 Å². The Morgan fingerprint density at radius 3 is 2.45 bits per heavy atom. The summed E-state index contributed by atoms with van der Waals surface area (Å²) in [5.41, 5.74) is 1.58. The van der Waals surface area contributed by atoms with Crippen LogP contribution in [0.5, 0.6) is 0 Å². The second-order valence-electron chi connectivity index (χ2n) is 6.30. The fourth-order valence-corrected chi connectivity index (χ4v) is 2.43. The van der Waals surface area contributed by atoms with E-state index in [1.807, 2.05) is 53.2 Å². The number of nitrogens with zero attached hydrogens (tertiary/aromatic N) is 3. The lowest BCUT2D eigenvalue weighted by Gasteiger charge is -2.13. The number of anilines is 1. The monoisotopic (exact) mass is 399 g/mol. The summed E-state index contributed by atoms with van der Waals surface area (Å²) in [5.74, 6) is 1.79. The zero-order valence-corrected chi connectivity index (χ0v) is 18.1. The van der Waals surface area contributed by atoms with Crippen LogP contribution in [0.2, 0.25) is 0 Å². The zero-order valence-electron chi connectivity index (χ0n) is 18.1. The van der Waals surface area contributed by atoms with Gasteiger partial charge in [-0.2, -0.15) is 0 Å². The van der Waals surface area contributed by atoms with Crippen molar-refractivity contribution >= 4 is 23.0 Å². The maximum atomic E-state index is 9.81. The van der Waals surface area contributed by atoms with E-state index in [-0.39, 0.29) is 0 Å². The summed E-state index contributed by atoms with van der Waals surface area (Å²) in [6.07, 6.45) is 4.66. The molecule has 2 N–H and O–H groups in total. The molecule has 0 amide bonds. The van der Waals surface area contributed by atoms with Gasteiger partial charge < -0.3 is 20.0 Å². The van der Waals surface area contributed by atoms with Crippen molar-refractivity contribution in [2.45, 2.75) is 26.8 Å². The summed E-state index contributed by atoms with van der Waals surface area (Å²) >= 11 is 0. The van der Waals surface area contributed by atoms with E-state index >= 15 is 0 Å². The van der Waals surface area contributed by atoms with Crippen LogP contribution in [0.15, 0.2) is 47.3 Å². The van der Waals surface area contributed by atoms with Crippen molar-refractivity contribution in [2.24, 2.45) is 0 Å². The van der Waals surface area contributed by atoms with Crippen molar-refractivity contribution in [1.29, 1.82) is 0 Å². The van der Waals surface area contributed by atoms with Crippen molar-refractivity contribution in [3.63, 3.8) is 0 Å². The van der Waals surface area contributed by atoms with Crippen molar-refractivity contribution in [1.82, 2.24) is 20.2 Å². The number of furan rings is 1. The van der Waals surface area contributed by atoms with E-state index in [0.717, 1.165) is 54.9 Å². The van der Waals surface area contributed by atoms with E-state index in [9.17, 15) is 4.79 Å². The number of para-hydroxylation sites is 1. The van der Waals surface area contributed by atoms with Crippen LogP contribution >= 0.6 is 0 Å². The normalized spacial score (nSPS) is 10.0. The molecule has 2 aromatic heterocycles. The number of rotatable bonds is 8. The van der Waals surface area contributed by atoms with Gasteiger partial charge in [0.2, 0.25) is 0 Å². The minimum absolute atomic E-state index is 0.583. The molecule has 3 aromatic rings. The van der Waals surface area contributed by atoms with Crippen LogP contribution in [-0.4, -0.2) is 55.4 Å². The molecular weight excluding hydrogens is 366 g/mol. The van der Waals surface area contributed by atoms with E-state index in [1.54, 1.807) is 6.07 Å². The number of hydrogen-bond donors (Lipinski definition) is 2. The third kappa shape index (κ3) is 8.85. The Balaban J connectivity index is 0.000000390. The first-order chi connectivity index (χ1) is 14.1. The van der Waals surface area contributed by atoms with Gasteiger partial charge in [0, 0.05) is 11.9 Å². The molecule has 0 saturated carbocycles. The molecule has 1 aromatic carbocycles. The Morgan fingerprint density at radius 2 is 1.86 bits per heavy atom. The van der Waals surface area contributed by atoms with Crippen molar-refractivity contribution < 1.29 is 9.21 Å². The molecule has 0 fully saturated rings. The number of benzene rings is 1. The summed E-state index contributed by atoms with van der Waals surface area (Å²) in [7, 11) is 6.02. The first-order valence-electron chi connectivity index (χ1n) is 9.90. The molecule has 0 aliphatic rings. The fraction of sp³-hybridized carbons (Fsp3) is 0.409. The molecule has 2 heterocycles. The largest absolute Gasteiger partial charge is 0.472 e. The van der Waals surface area contributed by atoms with E-state index in [1.165, 1.54) is 12.5 Å². The van der Waals surface area contributed by atoms with Crippen LogP contribution in [0.3, 0.4) is 0 Å². The molecule has 0 unspecified atom stereocenters. The van der Waals surface area contributed by atoms with E-state index in [0.29, 0.717) is 5.56 Å². The first-order valence-corrected chi connectivity index (χ1v) is 9.90. The van der Waals surface area contributed by atoms with Crippen molar-refractivity contribution in [3.8, 4) is 0 Å². The molecule has 0 spiro atoms. The Hall–Kier alpha value is -2.77. The summed E-state index contributed by atoms with van der Waals surface area (Å²) < 4.78 is 4.57. The number of carbonyl (C=O) groups is 1. The molecule has 0 saturated heterocycles. The first kappa shape index (κ1) is 24.3. The Bertz CT molecular complexity index is 819. The minimum Gasteiger partial charge on any atom is -0.472 e. The summed E-state index contributed by atoms with van der Waals surface area (Å²) in [4.78, 5) is 21.2. The molecule has 0 atom stereocenters. The second kappa shape index (κ2) is 14.3. The second-order valence-corrected chi connectivity index (χ2v) is 6.30. The Morgan fingerprint density at radius 1 is 1.10 bits per heavy atom. The van der Waals surface area contributed by atoms with Gasteiger partial charge in [0.05, 0.1) is 23.9 Å². The lowest BCUT2D eigenvalue weighted by molar-refractivity contribution is 0.112. The molecule has 0 radical (unpaired) electrons. The lowest BCUT2D eigenvalue weighted by Crippen LogP contribution is -2.16. The maximum absolute atomic E-state index is 9.81. The quantitative estimate of drug-likeness (QED) is 0.440. The number of fused-ring (bicyclic) bond motifs is 1. The van der Waals surface area contributed by atoms with Crippen LogP contribution in [-0.2, 0) is 6.54 Å². The highest BCUT2D eigenvalue weighted by Crippen LogP contribution is 2.20. The van der Waals surface area contributed by atoms with Crippen molar-refractivity contribution in [2.75, 3.05) is 39.5 Å². The van der Waals surface area contributed by atoms with E-state index in [2.05, 4.69) is 36.0 Å². The van der Waals surface area contributed by atoms with E-state index < -0.39 is 0 Å². The smallest absolute Gasteiger partial charge is 0.153 e. The van der Waals surface area contributed by atoms with Crippen molar-refractivity contribution in [3.05, 3.63) is 54.2 Å². The molecule has 3 rings (SSSR count). The predicted molar refractivity (Wildman–Crippen MR) is 119 cm³/mol. The number of hydrogen-bond acceptors (Lipinski definition) is 7. The van der Waals surface area contributed by atoms with Gasteiger partial charge in [-0.15, -0.1) is 0 Å². The molecule has 29 heavy (non-hydrogen) atoms.